The number of aromatic nitrogens is 2. The molecular weight excluding hydrogens is 414 g/mol. The molecule has 0 saturated carbocycles. The van der Waals surface area contributed by atoms with E-state index >= 15 is 0 Å². The van der Waals surface area contributed by atoms with Crippen LogP contribution in [0.25, 0.3) is 5.65 Å². The molecule has 0 unspecified atom stereocenters. The Morgan fingerprint density at radius 1 is 0.939 bits per heavy atom. The fourth-order valence-electron chi connectivity index (χ4n) is 5.01. The van der Waals surface area contributed by atoms with Crippen LogP contribution in [0.15, 0.2) is 78.9 Å². The van der Waals surface area contributed by atoms with Gasteiger partial charge in [-0.2, -0.15) is 0 Å². The number of carbonyl (C=O) groups excluding carboxylic acids is 1. The minimum absolute atomic E-state index is 0.146. The average Bonchev–Trinajstić information content (AvgIpc) is 3.51. The number of cyclic esters (lactones) is 1. The molecule has 0 radical (unpaired) electrons. The second kappa shape index (κ2) is 8.31. The molecule has 0 N–H and O–H groups in total. The Morgan fingerprint density at radius 2 is 1.76 bits per heavy atom. The van der Waals surface area contributed by atoms with Crippen molar-refractivity contribution in [2.24, 2.45) is 0 Å². The number of rotatable bonds is 4. The zero-order valence-electron chi connectivity index (χ0n) is 18.5. The summed E-state index contributed by atoms with van der Waals surface area (Å²) in [5.74, 6) is 0. The van der Waals surface area contributed by atoms with Crippen LogP contribution in [0.4, 0.5) is 16.2 Å². The average molecular weight is 442 g/mol. The summed E-state index contributed by atoms with van der Waals surface area (Å²) in [7, 11) is 0. The number of hydrogen-bond donors (Lipinski definition) is 0. The number of pyridine rings is 1. The predicted octanol–water partition coefficient (Wildman–Crippen LogP) is 4.39. The third kappa shape index (κ3) is 3.73. The highest BCUT2D eigenvalue weighted by molar-refractivity contribution is 5.91. The molecule has 3 aromatic rings. The maximum absolute atomic E-state index is 12.6. The number of imidazole rings is 1. The van der Waals surface area contributed by atoms with E-state index in [1.165, 1.54) is 11.4 Å². The lowest BCUT2D eigenvalue weighted by Gasteiger charge is -2.39. The number of carbonyl (C=O) groups is 1. The molecule has 1 aliphatic carbocycles. The molecule has 2 aromatic heterocycles. The normalized spacial score (nSPS) is 21.0. The van der Waals surface area contributed by atoms with E-state index in [9.17, 15) is 4.79 Å². The quantitative estimate of drug-likeness (QED) is 0.601. The van der Waals surface area contributed by atoms with Crippen molar-refractivity contribution >= 4 is 23.1 Å². The Balaban J connectivity index is 1.17. The van der Waals surface area contributed by atoms with E-state index in [1.807, 2.05) is 28.9 Å². The molecular formula is C26H27N5O2. The largest absolute Gasteiger partial charge is 0.447 e. The summed E-state index contributed by atoms with van der Waals surface area (Å²) < 4.78 is 7.36. The van der Waals surface area contributed by atoms with E-state index in [-0.39, 0.29) is 12.1 Å². The highest BCUT2D eigenvalue weighted by atomic mass is 16.6. The Morgan fingerprint density at radius 3 is 2.55 bits per heavy atom. The number of hydrogen-bond acceptors (Lipinski definition) is 5. The predicted molar refractivity (Wildman–Crippen MR) is 128 cm³/mol. The van der Waals surface area contributed by atoms with Crippen LogP contribution in [0.3, 0.4) is 0 Å². The Bertz CT molecular complexity index is 1220. The number of nitrogens with zero attached hydrogens (tertiary/aromatic N) is 5. The van der Waals surface area contributed by atoms with Crippen molar-refractivity contribution < 1.29 is 9.53 Å². The summed E-state index contributed by atoms with van der Waals surface area (Å²) in [6.45, 7) is 4.48. The second-order valence-electron chi connectivity index (χ2n) is 8.73. The van der Waals surface area contributed by atoms with Crippen molar-refractivity contribution in [3.05, 3.63) is 84.5 Å². The van der Waals surface area contributed by atoms with Gasteiger partial charge in [0.2, 0.25) is 0 Å². The Kier molecular flexibility index (Phi) is 5.02. The lowest BCUT2D eigenvalue weighted by atomic mass is 10.0. The molecule has 7 nitrogen and oxygen atoms in total. The molecule has 0 spiro atoms. The lowest BCUT2D eigenvalue weighted by Crippen LogP contribution is -2.46. The van der Waals surface area contributed by atoms with Gasteiger partial charge in [-0.3, -0.25) is 4.90 Å². The first-order valence-corrected chi connectivity index (χ1v) is 11.6. The molecule has 33 heavy (non-hydrogen) atoms. The molecule has 168 valence electrons. The minimum atomic E-state index is -0.317. The number of anilines is 2. The zero-order chi connectivity index (χ0) is 22.2. The van der Waals surface area contributed by atoms with E-state index in [2.05, 4.69) is 57.3 Å². The molecule has 2 saturated heterocycles. The number of ether oxygens (including phenoxy) is 1. The third-order valence-corrected chi connectivity index (χ3v) is 6.85. The van der Waals surface area contributed by atoms with Crippen LogP contribution in [-0.4, -0.2) is 53.2 Å². The van der Waals surface area contributed by atoms with Gasteiger partial charge < -0.3 is 18.9 Å². The van der Waals surface area contributed by atoms with Gasteiger partial charge in [-0.25, -0.2) is 9.78 Å². The fraction of sp³-hybridized carbons (Fsp3) is 0.308. The van der Waals surface area contributed by atoms with E-state index < -0.39 is 0 Å². The molecule has 6 rings (SSSR count). The van der Waals surface area contributed by atoms with Gasteiger partial charge in [0.05, 0.1) is 11.7 Å². The van der Waals surface area contributed by atoms with Crippen molar-refractivity contribution in [2.45, 2.75) is 18.9 Å². The van der Waals surface area contributed by atoms with Gasteiger partial charge in [0, 0.05) is 62.2 Å². The summed E-state index contributed by atoms with van der Waals surface area (Å²) in [5, 5.41) is 0. The first-order chi connectivity index (χ1) is 16.3. The van der Waals surface area contributed by atoms with Crippen LogP contribution < -0.4 is 9.80 Å². The molecule has 3 aliphatic rings. The molecule has 2 aliphatic heterocycles. The lowest BCUT2D eigenvalue weighted by molar-refractivity contribution is 0.179. The second-order valence-corrected chi connectivity index (χ2v) is 8.73. The number of piperazine rings is 1. The van der Waals surface area contributed by atoms with Gasteiger partial charge in [0.15, 0.2) is 0 Å². The van der Waals surface area contributed by atoms with Crippen LogP contribution in [0, 0.1) is 0 Å². The molecule has 4 heterocycles. The third-order valence-electron chi connectivity index (χ3n) is 6.85. The maximum Gasteiger partial charge on any atom is 0.415 e. The molecule has 1 amide bonds. The summed E-state index contributed by atoms with van der Waals surface area (Å²) in [4.78, 5) is 23.6. The highest BCUT2D eigenvalue weighted by Crippen LogP contribution is 2.34. The summed E-state index contributed by atoms with van der Waals surface area (Å²) in [6.07, 6.45) is 14.2. The van der Waals surface area contributed by atoms with Crippen molar-refractivity contribution in [2.75, 3.05) is 42.6 Å². The van der Waals surface area contributed by atoms with E-state index in [0.29, 0.717) is 6.61 Å². The first-order valence-electron chi connectivity index (χ1n) is 11.6. The van der Waals surface area contributed by atoms with Crippen LogP contribution in [-0.2, 0) is 4.74 Å². The van der Waals surface area contributed by atoms with Gasteiger partial charge >= 0.3 is 6.09 Å². The highest BCUT2D eigenvalue weighted by Gasteiger charge is 2.35. The van der Waals surface area contributed by atoms with Gasteiger partial charge in [0.25, 0.3) is 0 Å². The van der Waals surface area contributed by atoms with Crippen LogP contribution >= 0.6 is 0 Å². The Labute approximate surface area is 193 Å². The van der Waals surface area contributed by atoms with Crippen LogP contribution in [0.5, 0.6) is 0 Å². The summed E-state index contributed by atoms with van der Waals surface area (Å²) >= 11 is 0. The van der Waals surface area contributed by atoms with Crippen LogP contribution in [0.1, 0.15) is 24.4 Å². The summed E-state index contributed by atoms with van der Waals surface area (Å²) in [6, 6.07) is 12.3. The van der Waals surface area contributed by atoms with Crippen molar-refractivity contribution in [1.82, 2.24) is 14.3 Å². The van der Waals surface area contributed by atoms with Crippen molar-refractivity contribution in [1.29, 1.82) is 0 Å². The van der Waals surface area contributed by atoms with E-state index in [0.717, 1.165) is 55.9 Å². The van der Waals surface area contributed by atoms with Gasteiger partial charge in [-0.15, -0.1) is 0 Å². The van der Waals surface area contributed by atoms with E-state index in [4.69, 9.17) is 4.74 Å². The standard InChI is InChI=1S/C26H27N5O2/c32-26-31(23-10-12-30-13-11-27-25(30)18-23)24(19-33-26)20-6-8-22(9-7-20)29-16-14-28(15-17-29)21-4-2-1-3-5-21/h1-2,4,6-13,18,24H,3,5,14-17,19H2/t24-/m1/s1. The van der Waals surface area contributed by atoms with Gasteiger partial charge in [-0.05, 0) is 42.7 Å². The topological polar surface area (TPSA) is 53.3 Å². The van der Waals surface area contributed by atoms with Gasteiger partial charge in [0.1, 0.15) is 12.3 Å². The zero-order valence-corrected chi connectivity index (χ0v) is 18.5. The smallest absolute Gasteiger partial charge is 0.415 e. The number of benzene rings is 1. The first kappa shape index (κ1) is 19.9. The molecule has 1 aromatic carbocycles. The number of amides is 1. The fourth-order valence-corrected chi connectivity index (χ4v) is 5.01. The monoisotopic (exact) mass is 441 g/mol. The SMILES string of the molecule is O=C1OC[C@H](c2ccc(N3CCN(C4=CC=CCC4)CC3)cc2)N1c1ccn2ccnc2c1. The Hall–Kier alpha value is -3.74. The molecule has 0 bridgehead atoms. The maximum atomic E-state index is 12.6. The molecule has 1 atom stereocenters. The molecule has 7 heteroatoms. The molecule has 2 fully saturated rings. The van der Waals surface area contributed by atoms with Crippen molar-refractivity contribution in [3.63, 3.8) is 0 Å². The number of allylic oxidation sites excluding steroid dienone is 4. The van der Waals surface area contributed by atoms with E-state index in [1.54, 1.807) is 11.1 Å². The number of fused-ring (bicyclic) bond motifs is 1. The van der Waals surface area contributed by atoms with Gasteiger partial charge in [-0.1, -0.05) is 24.3 Å². The van der Waals surface area contributed by atoms with Crippen molar-refractivity contribution in [3.8, 4) is 0 Å². The minimum Gasteiger partial charge on any atom is -0.447 e. The van der Waals surface area contributed by atoms with Crippen LogP contribution in [0.2, 0.25) is 0 Å². The summed E-state index contributed by atoms with van der Waals surface area (Å²) in [5.41, 5.74) is 5.37.